The first-order chi connectivity index (χ1) is 16.1. The van der Waals surface area contributed by atoms with E-state index in [-0.39, 0.29) is 59.3 Å². The van der Waals surface area contributed by atoms with Crippen LogP contribution in [0.1, 0.15) is 26.7 Å². The van der Waals surface area contributed by atoms with Gasteiger partial charge < -0.3 is 36.6 Å². The van der Waals surface area contributed by atoms with Crippen molar-refractivity contribution in [2.24, 2.45) is 17.6 Å². The zero-order valence-corrected chi connectivity index (χ0v) is 20.6. The standard InChI is InChI=1S/C22H34N6O5S/c1-10-17-16(11(2)26-15(29)8-24-3)21(31)28(17)18(22(32)33)19(10)34-13-6-14(25-7-13)20(30)27-5-4-12(23)9-27/h10-14,16-17,24-25H,4-9,23H2,1-3H3,(H,26,29)(H,32,33)/t10?,11?,12-,13?,14?,16?,17-/m1/s1. The number of nitrogens with zero attached hydrogens (tertiary/aromatic N) is 2. The molecule has 188 valence electrons. The number of nitrogens with two attached hydrogens (primary N) is 1. The Kier molecular flexibility index (Phi) is 7.22. The molecule has 4 aliphatic heterocycles. The fraction of sp³-hybridized carbons (Fsp3) is 0.727. The van der Waals surface area contributed by atoms with Crippen LogP contribution in [0.3, 0.4) is 0 Å². The van der Waals surface area contributed by atoms with Crippen LogP contribution in [0.2, 0.25) is 0 Å². The van der Waals surface area contributed by atoms with Crippen molar-refractivity contribution >= 4 is 35.5 Å². The Balaban J connectivity index is 1.43. The maximum atomic E-state index is 13.0. The zero-order valence-electron chi connectivity index (χ0n) is 19.7. The third-order valence-electron chi connectivity index (χ3n) is 7.27. The molecule has 0 saturated carbocycles. The molecule has 34 heavy (non-hydrogen) atoms. The molecule has 3 saturated heterocycles. The van der Waals surface area contributed by atoms with Crippen LogP contribution in [0.4, 0.5) is 0 Å². The Hall–Kier alpha value is -2.15. The highest BCUT2D eigenvalue weighted by Gasteiger charge is 2.60. The van der Waals surface area contributed by atoms with Gasteiger partial charge in [0, 0.05) is 47.8 Å². The van der Waals surface area contributed by atoms with Gasteiger partial charge in [-0.05, 0) is 26.8 Å². The van der Waals surface area contributed by atoms with Gasteiger partial charge >= 0.3 is 5.97 Å². The van der Waals surface area contributed by atoms with Crippen molar-refractivity contribution in [3.05, 3.63) is 10.6 Å². The number of carboxylic acids is 1. The topological polar surface area (TPSA) is 157 Å². The van der Waals surface area contributed by atoms with Gasteiger partial charge in [0.05, 0.1) is 24.5 Å². The van der Waals surface area contributed by atoms with Crippen molar-refractivity contribution in [1.29, 1.82) is 0 Å². The van der Waals surface area contributed by atoms with Crippen LogP contribution in [0.25, 0.3) is 0 Å². The van der Waals surface area contributed by atoms with Crippen LogP contribution < -0.4 is 21.7 Å². The summed E-state index contributed by atoms with van der Waals surface area (Å²) in [5.74, 6) is -2.20. The van der Waals surface area contributed by atoms with Crippen LogP contribution in [0.15, 0.2) is 10.6 Å². The minimum Gasteiger partial charge on any atom is -0.477 e. The van der Waals surface area contributed by atoms with Crippen molar-refractivity contribution < 1.29 is 24.3 Å². The first kappa shape index (κ1) is 25.0. The lowest BCUT2D eigenvalue weighted by Crippen LogP contribution is -2.66. The van der Waals surface area contributed by atoms with E-state index in [1.165, 1.54) is 16.7 Å². The molecule has 0 bridgehead atoms. The number of hydrogen-bond donors (Lipinski definition) is 5. The van der Waals surface area contributed by atoms with Crippen molar-refractivity contribution in [2.75, 3.05) is 33.2 Å². The number of likely N-dealkylation sites (N-methyl/N-ethyl adjacent to an activating group) is 1. The summed E-state index contributed by atoms with van der Waals surface area (Å²) in [5.41, 5.74) is 5.97. The number of carboxylic acid groups (broad SMARTS) is 1. The fourth-order valence-corrected chi connectivity index (χ4v) is 7.10. The third kappa shape index (κ3) is 4.43. The largest absolute Gasteiger partial charge is 0.477 e. The summed E-state index contributed by atoms with van der Waals surface area (Å²) >= 11 is 1.46. The Bertz CT molecular complexity index is 912. The maximum Gasteiger partial charge on any atom is 0.353 e. The second kappa shape index (κ2) is 9.84. The molecule has 4 rings (SSSR count). The van der Waals surface area contributed by atoms with Crippen LogP contribution in [0.5, 0.6) is 0 Å². The van der Waals surface area contributed by atoms with Gasteiger partial charge in [-0.2, -0.15) is 0 Å². The molecule has 0 aromatic rings. The lowest BCUT2D eigenvalue weighted by atomic mass is 9.78. The number of rotatable bonds is 8. The first-order valence-corrected chi connectivity index (χ1v) is 12.7. The molecule has 0 aromatic heterocycles. The van der Waals surface area contributed by atoms with Gasteiger partial charge in [0.15, 0.2) is 0 Å². The molecule has 3 amide bonds. The van der Waals surface area contributed by atoms with E-state index < -0.39 is 17.9 Å². The molecule has 0 spiro atoms. The minimum absolute atomic E-state index is 0.0250. The van der Waals surface area contributed by atoms with E-state index >= 15 is 0 Å². The lowest BCUT2D eigenvalue weighted by molar-refractivity contribution is -0.158. The molecule has 11 nitrogen and oxygen atoms in total. The highest BCUT2D eigenvalue weighted by molar-refractivity contribution is 8.03. The minimum atomic E-state index is -1.12. The maximum absolute atomic E-state index is 13.0. The molecule has 0 radical (unpaired) electrons. The molecule has 0 aliphatic carbocycles. The number of thioether (sulfide) groups is 1. The number of hydrogen-bond acceptors (Lipinski definition) is 8. The van der Waals surface area contributed by atoms with Gasteiger partial charge in [-0.1, -0.05) is 6.92 Å². The second-order valence-electron chi connectivity index (χ2n) is 9.69. The van der Waals surface area contributed by atoms with Gasteiger partial charge in [0.2, 0.25) is 17.7 Å². The summed E-state index contributed by atoms with van der Waals surface area (Å²) < 4.78 is 0. The van der Waals surface area contributed by atoms with Gasteiger partial charge in [-0.25, -0.2) is 4.79 Å². The SMILES string of the molecule is CNCC(=O)NC(C)C1C(=O)N2C(C(=O)O)=C(SC3CNC(C(=O)N4CC[C@@H](N)C4)C3)C(C)[C@H]12. The summed E-state index contributed by atoms with van der Waals surface area (Å²) in [4.78, 5) is 53.8. The predicted octanol–water partition coefficient (Wildman–Crippen LogP) is -1.49. The Morgan fingerprint density at radius 3 is 2.71 bits per heavy atom. The summed E-state index contributed by atoms with van der Waals surface area (Å²) in [5, 5.41) is 18.9. The first-order valence-electron chi connectivity index (χ1n) is 11.8. The van der Waals surface area contributed by atoms with Crippen molar-refractivity contribution in [3.8, 4) is 0 Å². The van der Waals surface area contributed by atoms with Crippen molar-refractivity contribution in [2.45, 2.75) is 56.1 Å². The van der Waals surface area contributed by atoms with Crippen LogP contribution in [0, 0.1) is 11.8 Å². The smallest absolute Gasteiger partial charge is 0.353 e. The average Bonchev–Trinajstić information content (AvgIpc) is 3.46. The summed E-state index contributed by atoms with van der Waals surface area (Å²) in [6, 6.07) is -0.983. The highest BCUT2D eigenvalue weighted by atomic mass is 32.2. The van der Waals surface area contributed by atoms with Crippen LogP contribution in [-0.2, 0) is 19.2 Å². The number of likely N-dealkylation sites (tertiary alicyclic amines) is 1. The molecule has 4 aliphatic rings. The number of carbonyl (C=O) groups excluding carboxylic acids is 3. The van der Waals surface area contributed by atoms with E-state index in [4.69, 9.17) is 5.73 Å². The third-order valence-corrected chi connectivity index (χ3v) is 8.79. The lowest BCUT2D eigenvalue weighted by Gasteiger charge is -2.47. The average molecular weight is 495 g/mol. The van der Waals surface area contributed by atoms with E-state index in [1.54, 1.807) is 18.9 Å². The van der Waals surface area contributed by atoms with Crippen LogP contribution >= 0.6 is 11.8 Å². The number of β-lactam (4-membered cyclic amide) rings is 1. The van der Waals surface area contributed by atoms with Gasteiger partial charge in [0.25, 0.3) is 0 Å². The summed E-state index contributed by atoms with van der Waals surface area (Å²) in [6.07, 6.45) is 1.40. The molecule has 12 heteroatoms. The van der Waals surface area contributed by atoms with Crippen molar-refractivity contribution in [3.63, 3.8) is 0 Å². The fourth-order valence-electron chi connectivity index (χ4n) is 5.62. The highest BCUT2D eigenvalue weighted by Crippen LogP contribution is 2.51. The normalized spacial score (nSPS) is 33.7. The zero-order chi connectivity index (χ0) is 24.7. The number of amides is 3. The molecule has 7 atom stereocenters. The molecular weight excluding hydrogens is 460 g/mol. The van der Waals surface area contributed by atoms with Gasteiger partial charge in [0.1, 0.15) is 5.70 Å². The molecule has 5 unspecified atom stereocenters. The molecule has 4 heterocycles. The number of carbonyl (C=O) groups is 4. The Morgan fingerprint density at radius 2 is 2.09 bits per heavy atom. The van der Waals surface area contributed by atoms with Crippen LogP contribution in [-0.4, -0.2) is 101 Å². The Labute approximate surface area is 203 Å². The van der Waals surface area contributed by atoms with E-state index in [2.05, 4.69) is 16.0 Å². The van der Waals surface area contributed by atoms with Gasteiger partial charge in [-0.15, -0.1) is 11.8 Å². The predicted molar refractivity (Wildman–Crippen MR) is 126 cm³/mol. The molecular formula is C22H34N6O5S. The summed E-state index contributed by atoms with van der Waals surface area (Å²) in [7, 11) is 1.67. The van der Waals surface area contributed by atoms with Crippen molar-refractivity contribution in [1.82, 2.24) is 25.8 Å². The monoisotopic (exact) mass is 494 g/mol. The molecule has 3 fully saturated rings. The van der Waals surface area contributed by atoms with E-state index in [1.807, 2.05) is 6.92 Å². The number of fused-ring (bicyclic) bond motifs is 1. The second-order valence-corrected chi connectivity index (χ2v) is 11.0. The Morgan fingerprint density at radius 1 is 1.35 bits per heavy atom. The molecule has 6 N–H and O–H groups in total. The van der Waals surface area contributed by atoms with E-state index in [9.17, 15) is 24.3 Å². The van der Waals surface area contributed by atoms with E-state index in [0.29, 0.717) is 31.0 Å². The van der Waals surface area contributed by atoms with E-state index in [0.717, 1.165) is 6.42 Å². The van der Waals surface area contributed by atoms with Gasteiger partial charge in [-0.3, -0.25) is 14.4 Å². The number of aliphatic carboxylic acids is 1. The quantitative estimate of drug-likeness (QED) is 0.254. The number of nitrogens with one attached hydrogen (secondary N) is 3. The summed E-state index contributed by atoms with van der Waals surface area (Å²) in [6.45, 7) is 5.70. The molecule has 0 aromatic carbocycles.